The third-order valence-electron chi connectivity index (χ3n) is 16.0. The van der Waals surface area contributed by atoms with Gasteiger partial charge in [-0.25, -0.2) is 0 Å². The number of para-hydroxylation sites is 2. The van der Waals surface area contributed by atoms with Crippen molar-refractivity contribution in [2.24, 2.45) is 0 Å². The summed E-state index contributed by atoms with van der Waals surface area (Å²) in [6, 6.07) is 72.6. The molecule has 0 bridgehead atoms. The quantitative estimate of drug-likeness (QED) is 0.154. The van der Waals surface area contributed by atoms with Crippen LogP contribution in [-0.2, 0) is 10.8 Å². The SMILES string of the molecule is CC1(C)c2ccccc2N(c2ccc3c(-c4ccc(-c5ccccc5)cc4)c4cc(N5c6ccccc6C(C)(C)C5(C)C)ccc4c(-c4ccc(-c5ccccc5)cc4)c3c2)C1(C)C. The van der Waals surface area contributed by atoms with Crippen LogP contribution >= 0.6 is 0 Å². The molecule has 2 aliphatic heterocycles. The Balaban J connectivity index is 1.22. The molecule has 9 aromatic rings. The summed E-state index contributed by atoms with van der Waals surface area (Å²) in [5.74, 6) is 0. The third-order valence-corrected chi connectivity index (χ3v) is 16.0. The van der Waals surface area contributed by atoms with Crippen LogP contribution in [0.1, 0.15) is 66.5 Å². The maximum Gasteiger partial charge on any atom is 0.0487 e. The van der Waals surface area contributed by atoms with E-state index < -0.39 is 0 Å². The highest BCUT2D eigenvalue weighted by Crippen LogP contribution is 2.58. The molecule has 0 saturated carbocycles. The average molecular weight is 829 g/mol. The average Bonchev–Trinajstić information content (AvgIpc) is 3.58. The molecule has 0 atom stereocenters. The topological polar surface area (TPSA) is 6.48 Å². The fourth-order valence-electron chi connectivity index (χ4n) is 11.2. The summed E-state index contributed by atoms with van der Waals surface area (Å²) in [5.41, 5.74) is 17.0. The van der Waals surface area contributed by atoms with Gasteiger partial charge in [0.05, 0.1) is 0 Å². The number of anilines is 4. The molecular formula is C62H56N2. The first-order valence-corrected chi connectivity index (χ1v) is 22.9. The standard InChI is InChI=1S/C62H56N2/c1-59(2)53-23-15-17-25-55(53)63(61(59,5)6)47-35-37-49-51(39-47)57(45-31-27-43(28-32-45)41-19-11-9-12-20-41)50-38-36-48(64-56-26-18-16-24-54(56)60(3,4)62(64,7)8)40-52(50)58(49)46-33-29-44(30-34-46)42-21-13-10-14-22-42/h9-40H,1-8H3. The molecule has 0 aliphatic carbocycles. The minimum absolute atomic E-state index is 0.0728. The van der Waals surface area contributed by atoms with Gasteiger partial charge in [0.15, 0.2) is 0 Å². The van der Waals surface area contributed by atoms with E-state index in [-0.39, 0.29) is 21.9 Å². The normalized spacial score (nSPS) is 16.6. The Morgan fingerprint density at radius 3 is 0.969 bits per heavy atom. The van der Waals surface area contributed by atoms with Crippen molar-refractivity contribution >= 4 is 44.3 Å². The van der Waals surface area contributed by atoms with Crippen molar-refractivity contribution in [2.45, 2.75) is 77.3 Å². The van der Waals surface area contributed by atoms with E-state index in [1.54, 1.807) is 0 Å². The summed E-state index contributed by atoms with van der Waals surface area (Å²) in [5, 5.41) is 4.99. The van der Waals surface area contributed by atoms with Crippen molar-refractivity contribution in [2.75, 3.05) is 9.80 Å². The second-order valence-corrected chi connectivity index (χ2v) is 20.2. The first-order valence-electron chi connectivity index (χ1n) is 22.9. The van der Waals surface area contributed by atoms with E-state index in [9.17, 15) is 0 Å². The van der Waals surface area contributed by atoms with Crippen molar-refractivity contribution in [3.05, 3.63) is 205 Å². The van der Waals surface area contributed by atoms with E-state index in [1.165, 1.54) is 99.9 Å². The summed E-state index contributed by atoms with van der Waals surface area (Å²) in [7, 11) is 0. The molecule has 0 aromatic heterocycles. The van der Waals surface area contributed by atoms with Gasteiger partial charge >= 0.3 is 0 Å². The Hall–Kier alpha value is -6.90. The molecule has 0 spiro atoms. The van der Waals surface area contributed by atoms with Gasteiger partial charge in [0.2, 0.25) is 0 Å². The van der Waals surface area contributed by atoms with Crippen LogP contribution in [0, 0.1) is 0 Å². The molecule has 0 unspecified atom stereocenters. The second kappa shape index (κ2) is 14.3. The molecule has 2 nitrogen and oxygen atoms in total. The number of rotatable bonds is 6. The predicted molar refractivity (Wildman–Crippen MR) is 275 cm³/mol. The molecule has 2 aliphatic rings. The van der Waals surface area contributed by atoms with E-state index in [0.29, 0.717) is 0 Å². The van der Waals surface area contributed by atoms with Crippen molar-refractivity contribution in [1.82, 2.24) is 0 Å². The van der Waals surface area contributed by atoms with Crippen LogP contribution in [0.3, 0.4) is 0 Å². The highest BCUT2D eigenvalue weighted by atomic mass is 15.2. The highest BCUT2D eigenvalue weighted by Gasteiger charge is 2.52. The Morgan fingerprint density at radius 1 is 0.281 bits per heavy atom. The molecule has 64 heavy (non-hydrogen) atoms. The first-order chi connectivity index (χ1) is 30.8. The largest absolute Gasteiger partial charge is 0.335 e. The van der Waals surface area contributed by atoms with Crippen LogP contribution in [0.2, 0.25) is 0 Å². The molecule has 314 valence electrons. The molecule has 9 aromatic carbocycles. The van der Waals surface area contributed by atoms with Crippen molar-refractivity contribution in [1.29, 1.82) is 0 Å². The van der Waals surface area contributed by atoms with Crippen LogP contribution < -0.4 is 9.80 Å². The molecule has 0 radical (unpaired) electrons. The van der Waals surface area contributed by atoms with Crippen molar-refractivity contribution in [3.63, 3.8) is 0 Å². The fraction of sp³-hybridized carbons (Fsp3) is 0.194. The van der Waals surface area contributed by atoms with Gasteiger partial charge in [-0.05, 0) is 141 Å². The van der Waals surface area contributed by atoms with Crippen molar-refractivity contribution in [3.8, 4) is 44.5 Å². The molecule has 0 saturated heterocycles. The van der Waals surface area contributed by atoms with E-state index in [2.05, 4.69) is 259 Å². The van der Waals surface area contributed by atoms with Gasteiger partial charge in [-0.3, -0.25) is 0 Å². The van der Waals surface area contributed by atoms with Gasteiger partial charge in [0.1, 0.15) is 0 Å². The van der Waals surface area contributed by atoms with Gasteiger partial charge in [-0.15, -0.1) is 0 Å². The Morgan fingerprint density at radius 2 is 0.594 bits per heavy atom. The summed E-state index contributed by atoms with van der Waals surface area (Å²) in [4.78, 5) is 5.20. The minimum Gasteiger partial charge on any atom is -0.335 e. The molecule has 2 heterocycles. The van der Waals surface area contributed by atoms with Gasteiger partial charge in [0.25, 0.3) is 0 Å². The zero-order chi connectivity index (χ0) is 44.2. The maximum absolute atomic E-state index is 2.60. The number of benzene rings is 9. The maximum atomic E-state index is 2.60. The van der Waals surface area contributed by atoms with Crippen LogP contribution in [0.5, 0.6) is 0 Å². The molecule has 0 N–H and O–H groups in total. The number of hydrogen-bond acceptors (Lipinski definition) is 2. The zero-order valence-electron chi connectivity index (χ0n) is 38.4. The summed E-state index contributed by atoms with van der Waals surface area (Å²) >= 11 is 0. The lowest BCUT2D eigenvalue weighted by molar-refractivity contribution is 0.330. The lowest BCUT2D eigenvalue weighted by Crippen LogP contribution is -2.48. The van der Waals surface area contributed by atoms with E-state index in [1.807, 2.05) is 0 Å². The zero-order valence-corrected chi connectivity index (χ0v) is 38.4. The van der Waals surface area contributed by atoms with Gasteiger partial charge in [0, 0.05) is 44.7 Å². The smallest absolute Gasteiger partial charge is 0.0487 e. The Labute approximate surface area is 379 Å². The number of nitrogens with zero attached hydrogens (tertiary/aromatic N) is 2. The van der Waals surface area contributed by atoms with Crippen LogP contribution in [0.4, 0.5) is 22.7 Å². The lowest BCUT2D eigenvalue weighted by atomic mass is 9.72. The Kier molecular flexibility index (Phi) is 8.92. The summed E-state index contributed by atoms with van der Waals surface area (Å²) in [6.07, 6.45) is 0. The van der Waals surface area contributed by atoms with Crippen LogP contribution in [0.15, 0.2) is 194 Å². The van der Waals surface area contributed by atoms with Crippen LogP contribution in [0.25, 0.3) is 66.1 Å². The van der Waals surface area contributed by atoms with Gasteiger partial charge in [-0.2, -0.15) is 0 Å². The van der Waals surface area contributed by atoms with E-state index in [4.69, 9.17) is 0 Å². The van der Waals surface area contributed by atoms with Crippen LogP contribution in [-0.4, -0.2) is 11.1 Å². The monoisotopic (exact) mass is 828 g/mol. The van der Waals surface area contributed by atoms with Crippen molar-refractivity contribution < 1.29 is 0 Å². The molecule has 11 rings (SSSR count). The van der Waals surface area contributed by atoms with Gasteiger partial charge < -0.3 is 9.80 Å². The van der Waals surface area contributed by atoms with E-state index >= 15 is 0 Å². The lowest BCUT2D eigenvalue weighted by Gasteiger charge is -2.43. The Bertz CT molecular complexity index is 3020. The summed E-state index contributed by atoms with van der Waals surface area (Å²) < 4.78 is 0. The molecule has 0 amide bonds. The van der Waals surface area contributed by atoms with Gasteiger partial charge in [-0.1, -0.05) is 185 Å². The molecule has 0 fully saturated rings. The summed E-state index contributed by atoms with van der Waals surface area (Å²) in [6.45, 7) is 19.2. The third kappa shape index (κ3) is 5.78. The molecule has 2 heteroatoms. The predicted octanol–water partition coefficient (Wildman–Crippen LogP) is 17.1. The number of hydrogen-bond donors (Lipinski definition) is 0. The first kappa shape index (κ1) is 39.9. The highest BCUT2D eigenvalue weighted by molar-refractivity contribution is 6.22. The molecular weight excluding hydrogens is 773 g/mol. The second-order valence-electron chi connectivity index (χ2n) is 20.2. The number of fused-ring (bicyclic) bond motifs is 4. The fourth-order valence-corrected chi connectivity index (χ4v) is 11.2. The van der Waals surface area contributed by atoms with E-state index in [0.717, 1.165) is 0 Å². The minimum atomic E-state index is -0.184.